The van der Waals surface area contributed by atoms with Gasteiger partial charge in [-0.1, -0.05) is 38.8 Å². The molecule has 0 aromatic carbocycles. The quantitative estimate of drug-likeness (QED) is 0.317. The summed E-state index contributed by atoms with van der Waals surface area (Å²) in [4.78, 5) is 10.2. The zero-order valence-electron chi connectivity index (χ0n) is 8.96. The summed E-state index contributed by atoms with van der Waals surface area (Å²) in [5.41, 5.74) is 0. The molecule has 0 aliphatic rings. The van der Waals surface area contributed by atoms with E-state index in [2.05, 4.69) is 26.0 Å². The lowest BCUT2D eigenvalue weighted by Crippen LogP contribution is -1.93. The predicted molar refractivity (Wildman–Crippen MR) is 57.7 cm³/mol. The summed E-state index contributed by atoms with van der Waals surface area (Å²) in [7, 11) is 0. The zero-order valence-corrected chi connectivity index (χ0v) is 8.96. The second-order valence-electron chi connectivity index (χ2n) is 3.70. The Hall–Kier alpha value is -0.590. The Morgan fingerprint density at radius 1 is 1.23 bits per heavy atom. The maximum absolute atomic E-state index is 10.2. The Kier molecular flexibility index (Phi) is 9.07. The highest BCUT2D eigenvalue weighted by atomic mass is 16.1. The highest BCUT2D eigenvalue weighted by molar-refractivity contribution is 5.49. The van der Waals surface area contributed by atoms with Gasteiger partial charge in [0.2, 0.25) is 0 Å². The Bertz CT molecular complexity index is 138. The van der Waals surface area contributed by atoms with Gasteiger partial charge in [-0.3, -0.25) is 0 Å². The van der Waals surface area contributed by atoms with Crippen LogP contribution in [0, 0.1) is 5.92 Å². The number of carbonyl (C=O) groups excluding carboxylic acids is 1. The molecule has 0 saturated heterocycles. The Morgan fingerprint density at radius 3 is 2.54 bits per heavy atom. The molecule has 0 aliphatic carbocycles. The first kappa shape index (κ1) is 12.4. The Labute approximate surface area is 82.2 Å². The van der Waals surface area contributed by atoms with E-state index in [0.717, 1.165) is 19.1 Å². The van der Waals surface area contributed by atoms with Gasteiger partial charge in [0.1, 0.15) is 6.29 Å². The molecule has 13 heavy (non-hydrogen) atoms. The van der Waals surface area contributed by atoms with E-state index in [0.29, 0.717) is 12.3 Å². The minimum absolute atomic E-state index is 0.549. The number of rotatable bonds is 8. The van der Waals surface area contributed by atoms with Crippen LogP contribution in [0.1, 0.15) is 52.4 Å². The van der Waals surface area contributed by atoms with Gasteiger partial charge in [0.25, 0.3) is 0 Å². The molecule has 0 N–H and O–H groups in total. The molecule has 0 amide bonds. The number of allylic oxidation sites excluding steroid dienone is 2. The van der Waals surface area contributed by atoms with Crippen LogP contribution in [0.4, 0.5) is 0 Å². The van der Waals surface area contributed by atoms with E-state index in [-0.39, 0.29) is 0 Å². The van der Waals surface area contributed by atoms with Gasteiger partial charge < -0.3 is 4.79 Å². The van der Waals surface area contributed by atoms with Gasteiger partial charge in [0.05, 0.1) is 0 Å². The SMILES string of the molecule is CCCC/C=C/CC[C@@H](C)CC=O. The van der Waals surface area contributed by atoms with Crippen molar-refractivity contribution in [1.82, 2.24) is 0 Å². The topological polar surface area (TPSA) is 17.1 Å². The molecule has 0 bridgehead atoms. The second kappa shape index (κ2) is 9.50. The van der Waals surface area contributed by atoms with Crippen molar-refractivity contribution in [2.45, 2.75) is 52.4 Å². The van der Waals surface area contributed by atoms with Gasteiger partial charge in [-0.15, -0.1) is 0 Å². The normalized spacial score (nSPS) is 13.4. The van der Waals surface area contributed by atoms with Crippen molar-refractivity contribution in [3.63, 3.8) is 0 Å². The molecule has 1 atom stereocenters. The van der Waals surface area contributed by atoms with Gasteiger partial charge in [-0.25, -0.2) is 0 Å². The highest BCUT2D eigenvalue weighted by Crippen LogP contribution is 2.09. The summed E-state index contributed by atoms with van der Waals surface area (Å²) in [5.74, 6) is 0.549. The van der Waals surface area contributed by atoms with Crippen LogP contribution in [0.5, 0.6) is 0 Å². The van der Waals surface area contributed by atoms with Gasteiger partial charge in [0, 0.05) is 6.42 Å². The van der Waals surface area contributed by atoms with Gasteiger partial charge in [0.15, 0.2) is 0 Å². The minimum Gasteiger partial charge on any atom is -0.303 e. The first-order chi connectivity index (χ1) is 6.31. The van der Waals surface area contributed by atoms with Crippen LogP contribution in [0.3, 0.4) is 0 Å². The lowest BCUT2D eigenvalue weighted by atomic mass is 10.0. The number of hydrogen-bond acceptors (Lipinski definition) is 1. The van der Waals surface area contributed by atoms with E-state index in [9.17, 15) is 4.79 Å². The molecule has 0 unspecified atom stereocenters. The molecule has 0 radical (unpaired) electrons. The highest BCUT2D eigenvalue weighted by Gasteiger charge is 1.97. The Morgan fingerprint density at radius 2 is 1.92 bits per heavy atom. The average Bonchev–Trinajstić information content (AvgIpc) is 2.11. The molecule has 1 heteroatoms. The fraction of sp³-hybridized carbons (Fsp3) is 0.750. The maximum Gasteiger partial charge on any atom is 0.120 e. The van der Waals surface area contributed by atoms with Crippen molar-refractivity contribution in [1.29, 1.82) is 0 Å². The lowest BCUT2D eigenvalue weighted by Gasteiger charge is -2.03. The smallest absolute Gasteiger partial charge is 0.120 e. The molecule has 0 aromatic rings. The predicted octanol–water partition coefficient (Wildman–Crippen LogP) is 3.74. The summed E-state index contributed by atoms with van der Waals surface area (Å²) < 4.78 is 0. The number of unbranched alkanes of at least 4 members (excludes halogenated alkanes) is 2. The summed E-state index contributed by atoms with van der Waals surface area (Å²) in [5, 5.41) is 0. The lowest BCUT2D eigenvalue weighted by molar-refractivity contribution is -0.108. The molecular weight excluding hydrogens is 160 g/mol. The number of aldehydes is 1. The van der Waals surface area contributed by atoms with Crippen molar-refractivity contribution < 1.29 is 4.79 Å². The third-order valence-electron chi connectivity index (χ3n) is 2.22. The zero-order chi connectivity index (χ0) is 9.94. The molecule has 0 aromatic heterocycles. The van der Waals surface area contributed by atoms with Crippen LogP contribution in [-0.4, -0.2) is 6.29 Å². The van der Waals surface area contributed by atoms with Crippen LogP contribution in [-0.2, 0) is 4.79 Å². The van der Waals surface area contributed by atoms with E-state index in [4.69, 9.17) is 0 Å². The third kappa shape index (κ3) is 9.32. The number of hydrogen-bond donors (Lipinski definition) is 0. The molecule has 0 heterocycles. The molecule has 1 nitrogen and oxygen atoms in total. The van der Waals surface area contributed by atoms with Crippen molar-refractivity contribution in [3.05, 3.63) is 12.2 Å². The fourth-order valence-corrected chi connectivity index (χ4v) is 1.22. The summed E-state index contributed by atoms with van der Waals surface area (Å²) in [6.07, 6.45) is 12.3. The van der Waals surface area contributed by atoms with E-state index < -0.39 is 0 Å². The van der Waals surface area contributed by atoms with Crippen LogP contribution in [0.2, 0.25) is 0 Å². The summed E-state index contributed by atoms with van der Waals surface area (Å²) >= 11 is 0. The molecule has 0 aliphatic heterocycles. The Balaban J connectivity index is 3.22. The minimum atomic E-state index is 0.549. The standard InChI is InChI=1S/C12H22O/c1-3-4-5-6-7-8-9-12(2)10-11-13/h6-7,11-12H,3-5,8-10H2,1-2H3/b7-6+/t12-/m1/s1. The van der Waals surface area contributed by atoms with Gasteiger partial charge in [-0.05, 0) is 25.2 Å². The molecule has 0 spiro atoms. The monoisotopic (exact) mass is 182 g/mol. The third-order valence-corrected chi connectivity index (χ3v) is 2.22. The molecular formula is C12H22O. The van der Waals surface area contributed by atoms with Gasteiger partial charge >= 0.3 is 0 Å². The van der Waals surface area contributed by atoms with Gasteiger partial charge in [-0.2, -0.15) is 0 Å². The largest absolute Gasteiger partial charge is 0.303 e. The fourth-order valence-electron chi connectivity index (χ4n) is 1.22. The number of carbonyl (C=O) groups is 1. The molecule has 0 saturated carbocycles. The molecule has 0 fully saturated rings. The van der Waals surface area contributed by atoms with Crippen molar-refractivity contribution in [3.8, 4) is 0 Å². The molecule has 76 valence electrons. The van der Waals surface area contributed by atoms with Crippen LogP contribution >= 0.6 is 0 Å². The van der Waals surface area contributed by atoms with Crippen LogP contribution in [0.15, 0.2) is 12.2 Å². The summed E-state index contributed by atoms with van der Waals surface area (Å²) in [6.45, 7) is 4.34. The van der Waals surface area contributed by atoms with E-state index >= 15 is 0 Å². The van der Waals surface area contributed by atoms with Crippen molar-refractivity contribution >= 4 is 6.29 Å². The maximum atomic E-state index is 10.2. The van der Waals surface area contributed by atoms with E-state index in [1.807, 2.05) is 0 Å². The summed E-state index contributed by atoms with van der Waals surface area (Å²) in [6, 6.07) is 0. The van der Waals surface area contributed by atoms with E-state index in [1.54, 1.807) is 0 Å². The van der Waals surface area contributed by atoms with Crippen LogP contribution in [0.25, 0.3) is 0 Å². The first-order valence-electron chi connectivity index (χ1n) is 5.39. The molecule has 0 rings (SSSR count). The van der Waals surface area contributed by atoms with Crippen LogP contribution < -0.4 is 0 Å². The second-order valence-corrected chi connectivity index (χ2v) is 3.70. The van der Waals surface area contributed by atoms with Crippen molar-refractivity contribution in [2.75, 3.05) is 0 Å². The van der Waals surface area contributed by atoms with Crippen molar-refractivity contribution in [2.24, 2.45) is 5.92 Å². The first-order valence-corrected chi connectivity index (χ1v) is 5.39. The van der Waals surface area contributed by atoms with E-state index in [1.165, 1.54) is 19.3 Å². The average molecular weight is 182 g/mol.